The van der Waals surface area contributed by atoms with Gasteiger partial charge in [0.1, 0.15) is 37.3 Å². The van der Waals surface area contributed by atoms with Crippen LogP contribution in [0.25, 0.3) is 0 Å². The number of aromatic amines is 1. The summed E-state index contributed by atoms with van der Waals surface area (Å²) in [5.74, 6) is -2.24. The lowest BCUT2D eigenvalue weighted by Gasteiger charge is -2.23. The van der Waals surface area contributed by atoms with E-state index in [0.29, 0.717) is 12.0 Å². The number of aliphatic hydroxyl groups excluding tert-OH is 1. The molecule has 0 aliphatic carbocycles. The summed E-state index contributed by atoms with van der Waals surface area (Å²) in [4.78, 5) is 56.2. The topological polar surface area (TPSA) is 225 Å². The van der Waals surface area contributed by atoms with E-state index in [0.717, 1.165) is 5.56 Å². The van der Waals surface area contributed by atoms with Crippen molar-refractivity contribution in [2.24, 2.45) is 22.1 Å². The molecule has 1 aliphatic heterocycles. The van der Waals surface area contributed by atoms with Crippen LogP contribution in [0.3, 0.4) is 0 Å². The third-order valence-corrected chi connectivity index (χ3v) is 6.85. The van der Waals surface area contributed by atoms with Crippen molar-refractivity contribution in [3.05, 3.63) is 59.4 Å². The number of amides is 1. The molecule has 0 bridgehead atoms. The molecule has 1 aliphatic rings. The molecule has 0 saturated carbocycles. The van der Waals surface area contributed by atoms with Crippen LogP contribution in [-0.4, -0.2) is 84.0 Å². The molecule has 1 aromatic heterocycles. The summed E-state index contributed by atoms with van der Waals surface area (Å²) in [6.45, 7) is 7.46. The predicted octanol–water partition coefficient (Wildman–Crippen LogP) is 2.12. The zero-order valence-electron chi connectivity index (χ0n) is 26.4. The first kappa shape index (κ1) is 35.9. The quantitative estimate of drug-likeness (QED) is 0.0740. The smallest absolute Gasteiger partial charge is 0.415 e. The van der Waals surface area contributed by atoms with E-state index >= 15 is 0 Å². The van der Waals surface area contributed by atoms with E-state index in [-0.39, 0.29) is 30.5 Å². The Bertz CT molecular complexity index is 1400. The molecule has 5 atom stereocenters. The van der Waals surface area contributed by atoms with Crippen molar-refractivity contribution in [3.63, 3.8) is 0 Å². The number of alkyl carbamates (subject to hydrolysis) is 1. The molecule has 250 valence electrons. The minimum Gasteiger partial charge on any atom is -0.463 e. The first-order chi connectivity index (χ1) is 21.7. The lowest BCUT2D eigenvalue weighted by molar-refractivity contribution is -0.162. The second kappa shape index (κ2) is 16.1. The molecule has 15 nitrogen and oxygen atoms in total. The monoisotopic (exact) mass is 643 g/mol. The van der Waals surface area contributed by atoms with Crippen molar-refractivity contribution in [1.82, 2.24) is 10.3 Å². The number of nitrogens with two attached hydrogens (primary N) is 1. The fraction of sp³-hybridized carbons (Fsp3) is 0.484. The van der Waals surface area contributed by atoms with Crippen molar-refractivity contribution in [3.8, 4) is 0 Å². The molecule has 6 N–H and O–H groups in total. The third kappa shape index (κ3) is 9.95. The fourth-order valence-electron chi connectivity index (χ4n) is 4.18. The van der Waals surface area contributed by atoms with Gasteiger partial charge in [-0.3, -0.25) is 25.1 Å². The first-order valence-corrected chi connectivity index (χ1v) is 14.6. The van der Waals surface area contributed by atoms with Crippen molar-refractivity contribution < 1.29 is 48.0 Å². The van der Waals surface area contributed by atoms with Gasteiger partial charge in [-0.25, -0.2) is 9.79 Å². The Kier molecular flexibility index (Phi) is 12.6. The number of ether oxygens (including phenoxy) is 5. The van der Waals surface area contributed by atoms with Crippen LogP contribution in [0.5, 0.6) is 0 Å². The van der Waals surface area contributed by atoms with Gasteiger partial charge in [-0.15, -0.1) is 0 Å². The molecule has 0 unspecified atom stereocenters. The molecule has 1 saturated heterocycles. The number of hydrogen-bond acceptors (Lipinski definition) is 12. The van der Waals surface area contributed by atoms with Crippen LogP contribution >= 0.6 is 0 Å². The normalized spacial score (nSPS) is 20.5. The van der Waals surface area contributed by atoms with Crippen LogP contribution in [0.15, 0.2) is 47.5 Å². The second-order valence-electron chi connectivity index (χ2n) is 11.9. The third-order valence-electron chi connectivity index (χ3n) is 6.85. The van der Waals surface area contributed by atoms with Crippen LogP contribution in [-0.2, 0) is 44.5 Å². The molecule has 3 rings (SSSR count). The molecule has 1 amide bonds. The number of aromatic nitrogens is 1. The zero-order valence-corrected chi connectivity index (χ0v) is 26.4. The highest BCUT2D eigenvalue weighted by Crippen LogP contribution is 2.35. The first-order valence-electron chi connectivity index (χ1n) is 14.6. The summed E-state index contributed by atoms with van der Waals surface area (Å²) in [5, 5.41) is 21.0. The Balaban J connectivity index is 1.72. The average Bonchev–Trinajstić information content (AvgIpc) is 3.60. The minimum atomic E-state index is -1.41. The largest absolute Gasteiger partial charge is 0.463 e. The molecular formula is C31H41N5O10. The van der Waals surface area contributed by atoms with Crippen LogP contribution in [0.2, 0.25) is 0 Å². The Labute approximate surface area is 266 Å². The number of amidine groups is 1. The van der Waals surface area contributed by atoms with Gasteiger partial charge in [-0.05, 0) is 44.4 Å². The SMILES string of the molecule is CC(C)[C@H](N)C(=O)O[C@H]1[C@@H](O)[C@H](c2ccc(/C(=N\C=N)NC(=O)OCOC(=O)C(C)(C)C)[nH]2)O[C@@H]1COC(=O)Cc1ccccc1. The van der Waals surface area contributed by atoms with Gasteiger partial charge < -0.3 is 39.5 Å². The summed E-state index contributed by atoms with van der Waals surface area (Å²) < 4.78 is 26.8. The van der Waals surface area contributed by atoms with Gasteiger partial charge in [0.2, 0.25) is 6.79 Å². The number of nitrogens with one attached hydrogen (secondary N) is 3. The molecule has 0 spiro atoms. The Morgan fingerprint density at radius 3 is 2.43 bits per heavy atom. The molecule has 15 heteroatoms. The number of hydrogen-bond donors (Lipinski definition) is 5. The lowest BCUT2D eigenvalue weighted by atomic mass is 9.98. The number of carbonyl (C=O) groups is 4. The van der Waals surface area contributed by atoms with Gasteiger partial charge in [0.15, 0.2) is 11.9 Å². The van der Waals surface area contributed by atoms with Gasteiger partial charge in [-0.1, -0.05) is 44.2 Å². The van der Waals surface area contributed by atoms with E-state index in [1.165, 1.54) is 12.1 Å². The van der Waals surface area contributed by atoms with Crippen LogP contribution < -0.4 is 11.1 Å². The van der Waals surface area contributed by atoms with Crippen molar-refractivity contribution >= 4 is 36.2 Å². The highest BCUT2D eigenvalue weighted by atomic mass is 16.7. The van der Waals surface area contributed by atoms with Crippen LogP contribution in [0.1, 0.15) is 57.7 Å². The summed E-state index contributed by atoms with van der Waals surface area (Å²) >= 11 is 0. The summed E-state index contributed by atoms with van der Waals surface area (Å²) in [6, 6.07) is 11.0. The number of nitrogens with zero attached hydrogens (tertiary/aromatic N) is 1. The van der Waals surface area contributed by atoms with Crippen LogP contribution in [0.4, 0.5) is 4.79 Å². The van der Waals surface area contributed by atoms with Gasteiger partial charge in [0, 0.05) is 5.69 Å². The molecular weight excluding hydrogens is 602 g/mol. The summed E-state index contributed by atoms with van der Waals surface area (Å²) in [5.41, 5.74) is 6.41. The summed E-state index contributed by atoms with van der Waals surface area (Å²) in [7, 11) is 0. The second-order valence-corrected chi connectivity index (χ2v) is 11.9. The van der Waals surface area contributed by atoms with E-state index in [9.17, 15) is 24.3 Å². The summed E-state index contributed by atoms with van der Waals surface area (Å²) in [6.07, 6.45) is -5.11. The lowest BCUT2D eigenvalue weighted by Crippen LogP contribution is -2.44. The van der Waals surface area contributed by atoms with Crippen molar-refractivity contribution in [1.29, 1.82) is 5.41 Å². The van der Waals surface area contributed by atoms with Gasteiger partial charge >= 0.3 is 24.0 Å². The molecule has 46 heavy (non-hydrogen) atoms. The van der Waals surface area contributed by atoms with Crippen molar-refractivity contribution in [2.75, 3.05) is 13.4 Å². The van der Waals surface area contributed by atoms with Gasteiger partial charge in [-0.2, -0.15) is 0 Å². The van der Waals surface area contributed by atoms with Crippen molar-refractivity contribution in [2.45, 2.75) is 71.5 Å². The number of H-pyrrole nitrogens is 1. The van der Waals surface area contributed by atoms with Crippen LogP contribution in [0, 0.1) is 16.7 Å². The highest BCUT2D eigenvalue weighted by Gasteiger charge is 2.48. The fourth-order valence-corrected chi connectivity index (χ4v) is 4.18. The van der Waals surface area contributed by atoms with Gasteiger partial charge in [0.25, 0.3) is 0 Å². The maximum atomic E-state index is 12.7. The number of esters is 3. The maximum Gasteiger partial charge on any atom is 0.415 e. The number of benzene rings is 1. The Morgan fingerprint density at radius 1 is 1.11 bits per heavy atom. The molecule has 1 aromatic carbocycles. The maximum absolute atomic E-state index is 12.7. The van der Waals surface area contributed by atoms with E-state index < -0.39 is 66.7 Å². The predicted molar refractivity (Wildman–Crippen MR) is 164 cm³/mol. The minimum absolute atomic E-state index is 0.00575. The highest BCUT2D eigenvalue weighted by molar-refractivity contribution is 6.07. The molecule has 0 radical (unpaired) electrons. The molecule has 1 fully saturated rings. The number of aliphatic imine (C=N–C) groups is 1. The number of carbonyl (C=O) groups excluding carboxylic acids is 4. The van der Waals surface area contributed by atoms with E-state index in [1.54, 1.807) is 58.9 Å². The number of rotatable bonds is 12. The Morgan fingerprint density at radius 2 is 1.80 bits per heavy atom. The van der Waals surface area contributed by atoms with Gasteiger partial charge in [0.05, 0.1) is 17.5 Å². The Hall–Kier alpha value is -4.60. The zero-order chi connectivity index (χ0) is 34.0. The molecule has 2 heterocycles. The van der Waals surface area contributed by atoms with E-state index in [2.05, 4.69) is 15.3 Å². The average molecular weight is 644 g/mol. The van der Waals surface area contributed by atoms with E-state index in [4.69, 9.17) is 34.8 Å². The standard InChI is InChI=1S/C31H41N5O10/c1-17(2)23(33)28(39)46-26-21(14-42-22(37)13-18-9-7-6-8-10-18)45-25(24(26)38)19-11-12-20(35-19)27(34-15-32)36-30(41)44-16-43-29(40)31(3,4)5/h6-12,15,17,21,23-26,35,38H,13-14,16,33H2,1-5H3,(H2,32,34,36,41)/t21-,23+,24+,25+,26-/m1/s1. The van der Waals surface area contributed by atoms with E-state index in [1.807, 2.05) is 6.07 Å². The number of aliphatic hydroxyl groups is 1. The molecule has 2 aromatic rings.